The van der Waals surface area contributed by atoms with Crippen LogP contribution >= 0.6 is 11.6 Å². The van der Waals surface area contributed by atoms with Gasteiger partial charge in [-0.2, -0.15) is 5.10 Å². The van der Waals surface area contributed by atoms with Crippen LogP contribution in [0.25, 0.3) is 0 Å². The molecule has 0 spiro atoms. The van der Waals surface area contributed by atoms with Crippen LogP contribution in [0.5, 0.6) is 11.5 Å². The number of fused-ring (bicyclic) bond motifs is 1. The van der Waals surface area contributed by atoms with Gasteiger partial charge in [0.2, 0.25) is 5.91 Å². The van der Waals surface area contributed by atoms with E-state index in [4.69, 9.17) is 25.8 Å². The Morgan fingerprint density at radius 1 is 0.869 bits per heavy atom. The SMILES string of the molecule is C[C@]1(Cn2cnc(/C=N/NC(=O)c3ccc(OCc4ccccc4)c(OCc4ccccc4)c3Cl)c2)[C@H](C(=O)OC(c2ccccc2)c2ccccc2)N2C(=O)C[C@H]2S1(=O)=O. The lowest BCUT2D eigenvalue weighted by atomic mass is 9.95. The van der Waals surface area contributed by atoms with Gasteiger partial charge in [0.1, 0.15) is 29.0 Å². The first-order valence-corrected chi connectivity index (χ1v) is 21.3. The van der Waals surface area contributed by atoms with Crippen molar-refractivity contribution < 1.29 is 37.0 Å². The second-order valence-corrected chi connectivity index (χ2v) is 17.8. The van der Waals surface area contributed by atoms with Crippen molar-refractivity contribution in [3.8, 4) is 11.5 Å². The highest BCUT2D eigenvalue weighted by molar-refractivity contribution is 7.93. The van der Waals surface area contributed by atoms with Crippen LogP contribution in [0.3, 0.4) is 0 Å². The average molecular weight is 858 g/mol. The van der Waals surface area contributed by atoms with E-state index in [1.165, 1.54) is 36.3 Å². The Kier molecular flexibility index (Phi) is 11.7. The Hall–Kier alpha value is -6.77. The Labute approximate surface area is 357 Å². The summed E-state index contributed by atoms with van der Waals surface area (Å²) in [6.07, 6.45) is 3.12. The Morgan fingerprint density at radius 3 is 2.03 bits per heavy atom. The maximum atomic E-state index is 14.2. The van der Waals surface area contributed by atoms with Gasteiger partial charge in [0, 0.05) is 12.7 Å². The molecule has 2 aliphatic heterocycles. The molecule has 2 aliphatic rings. The first kappa shape index (κ1) is 41.0. The Morgan fingerprint density at radius 2 is 1.44 bits per heavy atom. The van der Waals surface area contributed by atoms with Gasteiger partial charge < -0.3 is 23.7 Å². The summed E-state index contributed by atoms with van der Waals surface area (Å²) < 4.78 is 46.2. The average Bonchev–Trinajstić information content (AvgIpc) is 3.77. The van der Waals surface area contributed by atoms with Crippen molar-refractivity contribution in [3.05, 3.63) is 185 Å². The highest BCUT2D eigenvalue weighted by atomic mass is 35.5. The van der Waals surface area contributed by atoms with Crippen molar-refractivity contribution in [2.75, 3.05) is 0 Å². The summed E-state index contributed by atoms with van der Waals surface area (Å²) >= 11 is 6.79. The summed E-state index contributed by atoms with van der Waals surface area (Å²) in [6, 6.07) is 39.0. The fraction of sp³-hybridized carbons (Fsp3) is 0.196. The number of aromatic nitrogens is 2. The van der Waals surface area contributed by atoms with Gasteiger partial charge in [-0.3, -0.25) is 9.59 Å². The zero-order valence-electron chi connectivity index (χ0n) is 32.8. The van der Waals surface area contributed by atoms with Crippen LogP contribution in [0, 0.1) is 0 Å². The summed E-state index contributed by atoms with van der Waals surface area (Å²) in [6.45, 7) is 1.64. The molecule has 2 amide bonds. The summed E-state index contributed by atoms with van der Waals surface area (Å²) in [5.74, 6) is -1.38. The third-order valence-electron chi connectivity index (χ3n) is 10.8. The van der Waals surface area contributed by atoms with Crippen LogP contribution in [-0.4, -0.2) is 63.0 Å². The quantitative estimate of drug-likeness (QED) is 0.0502. The van der Waals surface area contributed by atoms with Gasteiger partial charge in [0.25, 0.3) is 5.91 Å². The molecule has 15 heteroatoms. The molecule has 0 aliphatic carbocycles. The fourth-order valence-electron chi connectivity index (χ4n) is 7.57. The minimum absolute atomic E-state index is 0.0274. The topological polar surface area (TPSA) is 158 Å². The number of nitrogens with zero attached hydrogens (tertiary/aromatic N) is 4. The standard InChI is InChI=1S/C46H40ClN5O8S/c1-46(43(52-38(53)24-39(52)61(46,56)57)45(55)60-41(33-18-10-4-11-19-33)34-20-12-5-13-21-34)29-51-26-35(48-30-51)25-49-50-44(54)36-22-23-37(58-27-31-14-6-2-7-15-31)42(40(36)47)59-28-32-16-8-3-9-17-32/h2-23,25-26,30,39,41,43H,24,27-29H2,1H3,(H,50,54)/b49-25+/t39-,43+,46+/m1/s1. The molecular formula is C46H40ClN5O8S. The van der Waals surface area contributed by atoms with Crippen LogP contribution in [0.15, 0.2) is 151 Å². The molecular weight excluding hydrogens is 818 g/mol. The number of amides is 2. The molecule has 3 atom stereocenters. The van der Waals surface area contributed by atoms with Crippen LogP contribution in [0.2, 0.25) is 5.02 Å². The van der Waals surface area contributed by atoms with Crippen molar-refractivity contribution in [2.24, 2.45) is 5.10 Å². The predicted octanol–water partition coefficient (Wildman–Crippen LogP) is 6.91. The molecule has 5 aromatic carbocycles. The molecule has 6 aromatic rings. The van der Waals surface area contributed by atoms with Gasteiger partial charge in [-0.05, 0) is 41.3 Å². The number of hydrogen-bond donors (Lipinski definition) is 1. The van der Waals surface area contributed by atoms with Crippen molar-refractivity contribution in [3.63, 3.8) is 0 Å². The number of halogens is 1. The number of benzene rings is 5. The minimum Gasteiger partial charge on any atom is -0.485 e. The van der Waals surface area contributed by atoms with E-state index >= 15 is 0 Å². The van der Waals surface area contributed by atoms with Crippen LogP contribution in [-0.2, 0) is 43.9 Å². The number of imidazole rings is 1. The van der Waals surface area contributed by atoms with E-state index in [0.29, 0.717) is 16.9 Å². The number of hydrogen-bond acceptors (Lipinski definition) is 10. The summed E-state index contributed by atoms with van der Waals surface area (Å²) in [7, 11) is -4.08. The molecule has 0 bridgehead atoms. The van der Waals surface area contributed by atoms with Crippen molar-refractivity contribution in [2.45, 2.75) is 55.4 Å². The van der Waals surface area contributed by atoms with Gasteiger partial charge in [0.15, 0.2) is 33.5 Å². The van der Waals surface area contributed by atoms with Gasteiger partial charge in [-0.15, -0.1) is 0 Å². The minimum atomic E-state index is -4.08. The lowest BCUT2D eigenvalue weighted by Crippen LogP contribution is -2.58. The summed E-state index contributed by atoms with van der Waals surface area (Å²) in [4.78, 5) is 46.0. The fourth-order valence-corrected chi connectivity index (χ4v) is 10.2. The number of carbonyl (C=O) groups excluding carboxylic acids is 3. The zero-order chi connectivity index (χ0) is 42.6. The van der Waals surface area contributed by atoms with E-state index in [1.54, 1.807) is 6.07 Å². The number of hydrazone groups is 1. The second-order valence-electron chi connectivity index (χ2n) is 14.8. The van der Waals surface area contributed by atoms with Gasteiger partial charge in [-0.25, -0.2) is 23.6 Å². The first-order valence-electron chi connectivity index (χ1n) is 19.4. The number of rotatable bonds is 15. The van der Waals surface area contributed by atoms with Crippen LogP contribution in [0.4, 0.5) is 0 Å². The largest absolute Gasteiger partial charge is 0.485 e. The van der Waals surface area contributed by atoms with E-state index in [0.717, 1.165) is 16.0 Å². The molecule has 0 saturated carbocycles. The van der Waals surface area contributed by atoms with E-state index in [-0.39, 0.29) is 48.2 Å². The summed E-state index contributed by atoms with van der Waals surface area (Å²) in [5, 5.41) is 2.94. The molecule has 3 heterocycles. The second kappa shape index (κ2) is 17.4. The highest BCUT2D eigenvalue weighted by Gasteiger charge is 2.70. The molecule has 0 radical (unpaired) electrons. The molecule has 1 N–H and O–H groups in total. The van der Waals surface area contributed by atoms with E-state index in [1.807, 2.05) is 121 Å². The highest BCUT2D eigenvalue weighted by Crippen LogP contribution is 2.48. The number of β-lactam (4-membered cyclic amide) rings is 1. The molecule has 13 nitrogen and oxygen atoms in total. The lowest BCUT2D eigenvalue weighted by molar-refractivity contribution is -0.164. The van der Waals surface area contributed by atoms with Crippen molar-refractivity contribution in [1.29, 1.82) is 0 Å². The van der Waals surface area contributed by atoms with Crippen LogP contribution < -0.4 is 14.9 Å². The number of esters is 1. The number of ether oxygens (including phenoxy) is 3. The third kappa shape index (κ3) is 8.37. The molecule has 61 heavy (non-hydrogen) atoms. The molecule has 1 aromatic heterocycles. The van der Waals surface area contributed by atoms with E-state index in [9.17, 15) is 22.8 Å². The maximum Gasteiger partial charge on any atom is 0.331 e. The van der Waals surface area contributed by atoms with Crippen molar-refractivity contribution >= 4 is 45.4 Å². The normalized spacial score (nSPS) is 19.0. The Bertz CT molecular complexity index is 2640. The molecule has 310 valence electrons. The number of nitrogens with one attached hydrogen (secondary N) is 1. The predicted molar refractivity (Wildman–Crippen MR) is 227 cm³/mol. The zero-order valence-corrected chi connectivity index (χ0v) is 34.4. The third-order valence-corrected chi connectivity index (χ3v) is 13.9. The van der Waals surface area contributed by atoms with Gasteiger partial charge in [0.05, 0.1) is 29.5 Å². The molecule has 2 fully saturated rings. The molecule has 8 rings (SSSR count). The lowest BCUT2D eigenvalue weighted by Gasteiger charge is -2.37. The first-order chi connectivity index (χ1) is 29.5. The van der Waals surface area contributed by atoms with Gasteiger partial charge >= 0.3 is 5.97 Å². The van der Waals surface area contributed by atoms with E-state index in [2.05, 4.69) is 15.5 Å². The number of sulfone groups is 1. The maximum absolute atomic E-state index is 14.2. The number of carbonyl (C=O) groups is 3. The van der Waals surface area contributed by atoms with Crippen LogP contribution in [0.1, 0.15) is 57.8 Å². The molecule has 0 unspecified atom stereocenters. The monoisotopic (exact) mass is 857 g/mol. The molecule has 2 saturated heterocycles. The summed E-state index contributed by atoms with van der Waals surface area (Å²) in [5.41, 5.74) is 6.01. The van der Waals surface area contributed by atoms with Crippen molar-refractivity contribution in [1.82, 2.24) is 19.9 Å². The Balaban J connectivity index is 0.982. The van der Waals surface area contributed by atoms with E-state index < -0.39 is 49.9 Å². The van der Waals surface area contributed by atoms with Gasteiger partial charge in [-0.1, -0.05) is 133 Å². The smallest absolute Gasteiger partial charge is 0.331 e.